The maximum atomic E-state index is 12.1. The number of hydrogen-bond donors (Lipinski definition) is 1. The number of amides is 2. The molecule has 1 N–H and O–H groups in total. The van der Waals surface area contributed by atoms with E-state index in [9.17, 15) is 9.59 Å². The van der Waals surface area contributed by atoms with Crippen molar-refractivity contribution in [3.05, 3.63) is 17.5 Å². The third-order valence-electron chi connectivity index (χ3n) is 3.07. The van der Waals surface area contributed by atoms with E-state index in [0.29, 0.717) is 18.8 Å². The third kappa shape index (κ3) is 3.81. The van der Waals surface area contributed by atoms with Crippen molar-refractivity contribution in [2.24, 2.45) is 0 Å². The van der Waals surface area contributed by atoms with Crippen molar-refractivity contribution in [2.45, 2.75) is 27.2 Å². The van der Waals surface area contributed by atoms with E-state index in [1.807, 2.05) is 20.8 Å². The molecule has 6 nitrogen and oxygen atoms in total. The summed E-state index contributed by atoms with van der Waals surface area (Å²) in [6, 6.07) is 1.72. The summed E-state index contributed by atoms with van der Waals surface area (Å²) < 4.78 is 0. The summed E-state index contributed by atoms with van der Waals surface area (Å²) in [5, 5.41) is 6.76. The van der Waals surface area contributed by atoms with E-state index in [2.05, 4.69) is 10.2 Å². The number of likely N-dealkylation sites (N-methyl/N-ethyl adjacent to an activating group) is 2. The Morgan fingerprint density at radius 1 is 1.26 bits per heavy atom. The molecule has 1 aromatic rings. The molecule has 0 saturated heterocycles. The zero-order valence-corrected chi connectivity index (χ0v) is 12.1. The van der Waals surface area contributed by atoms with Gasteiger partial charge >= 0.3 is 0 Å². The van der Waals surface area contributed by atoms with Gasteiger partial charge in [0.05, 0.1) is 6.54 Å². The second-order valence-corrected chi connectivity index (χ2v) is 4.36. The Kier molecular flexibility index (Phi) is 5.54. The molecular formula is C13H22N4O2. The normalized spacial score (nSPS) is 10.3. The maximum absolute atomic E-state index is 12.1. The van der Waals surface area contributed by atoms with Crippen molar-refractivity contribution < 1.29 is 9.59 Å². The van der Waals surface area contributed by atoms with Crippen LogP contribution in [0.15, 0.2) is 6.07 Å². The summed E-state index contributed by atoms with van der Waals surface area (Å²) in [6.45, 7) is 7.21. The van der Waals surface area contributed by atoms with Crippen LogP contribution in [0.25, 0.3) is 0 Å². The zero-order valence-electron chi connectivity index (χ0n) is 12.1. The Morgan fingerprint density at radius 3 is 2.37 bits per heavy atom. The topological polar surface area (TPSA) is 69.3 Å². The number of aromatic nitrogens is 2. The first-order valence-corrected chi connectivity index (χ1v) is 6.60. The molecule has 0 aliphatic rings. The van der Waals surface area contributed by atoms with Gasteiger partial charge in [-0.3, -0.25) is 14.7 Å². The number of nitrogens with zero attached hydrogens (tertiary/aromatic N) is 3. The van der Waals surface area contributed by atoms with Crippen LogP contribution in [0.3, 0.4) is 0 Å². The molecule has 106 valence electrons. The van der Waals surface area contributed by atoms with E-state index in [4.69, 9.17) is 0 Å². The molecule has 6 heteroatoms. The van der Waals surface area contributed by atoms with Crippen LogP contribution in [0.5, 0.6) is 0 Å². The van der Waals surface area contributed by atoms with Gasteiger partial charge in [-0.25, -0.2) is 0 Å². The number of H-pyrrole nitrogens is 1. The average molecular weight is 266 g/mol. The number of nitrogens with one attached hydrogen (secondary N) is 1. The van der Waals surface area contributed by atoms with Crippen molar-refractivity contribution >= 4 is 11.8 Å². The Labute approximate surface area is 113 Å². The first kappa shape index (κ1) is 15.2. The molecule has 0 spiro atoms. The van der Waals surface area contributed by atoms with Gasteiger partial charge < -0.3 is 9.80 Å². The summed E-state index contributed by atoms with van der Waals surface area (Å²) >= 11 is 0. The summed E-state index contributed by atoms with van der Waals surface area (Å²) in [4.78, 5) is 27.1. The molecule has 19 heavy (non-hydrogen) atoms. The molecule has 1 rings (SSSR count). The maximum Gasteiger partial charge on any atom is 0.274 e. The zero-order chi connectivity index (χ0) is 14.4. The number of hydrogen-bond acceptors (Lipinski definition) is 3. The van der Waals surface area contributed by atoms with Crippen LogP contribution in [0.1, 0.15) is 37.0 Å². The Bertz CT molecular complexity index is 438. The quantitative estimate of drug-likeness (QED) is 0.832. The molecule has 0 aliphatic heterocycles. The predicted molar refractivity (Wildman–Crippen MR) is 72.9 cm³/mol. The van der Waals surface area contributed by atoms with Crippen molar-refractivity contribution in [1.82, 2.24) is 20.0 Å². The smallest absolute Gasteiger partial charge is 0.274 e. The van der Waals surface area contributed by atoms with E-state index in [1.165, 1.54) is 4.90 Å². The fourth-order valence-electron chi connectivity index (χ4n) is 1.80. The fraction of sp³-hybridized carbons (Fsp3) is 0.615. The minimum Gasteiger partial charge on any atom is -0.342 e. The second kappa shape index (κ2) is 6.92. The molecule has 0 saturated carbocycles. The Hall–Kier alpha value is -1.85. The summed E-state index contributed by atoms with van der Waals surface area (Å²) in [6.07, 6.45) is 0.794. The van der Waals surface area contributed by atoms with E-state index in [-0.39, 0.29) is 18.4 Å². The van der Waals surface area contributed by atoms with Gasteiger partial charge in [-0.05, 0) is 26.3 Å². The highest BCUT2D eigenvalue weighted by Gasteiger charge is 2.19. The lowest BCUT2D eigenvalue weighted by Gasteiger charge is -2.22. The molecule has 0 unspecified atom stereocenters. The number of aromatic amines is 1. The largest absolute Gasteiger partial charge is 0.342 e. The molecular weight excluding hydrogens is 244 g/mol. The SMILES string of the molecule is CCc1cc(C(=O)N(C)CC(=O)N(CC)CC)n[nH]1. The molecule has 0 radical (unpaired) electrons. The molecule has 0 fully saturated rings. The van der Waals surface area contributed by atoms with Gasteiger partial charge in [0.1, 0.15) is 5.69 Å². The minimum absolute atomic E-state index is 0.0490. The number of carbonyl (C=O) groups is 2. The molecule has 0 bridgehead atoms. The molecule has 0 atom stereocenters. The summed E-state index contributed by atoms with van der Waals surface area (Å²) in [5.74, 6) is -0.288. The number of aryl methyl sites for hydroxylation is 1. The molecule has 0 aliphatic carbocycles. The second-order valence-electron chi connectivity index (χ2n) is 4.36. The number of rotatable bonds is 6. The van der Waals surface area contributed by atoms with E-state index in [1.54, 1.807) is 18.0 Å². The van der Waals surface area contributed by atoms with Crippen LogP contribution in [-0.2, 0) is 11.2 Å². The fourth-order valence-corrected chi connectivity index (χ4v) is 1.80. The Morgan fingerprint density at radius 2 is 1.89 bits per heavy atom. The van der Waals surface area contributed by atoms with Crippen LogP contribution in [0, 0.1) is 0 Å². The first-order chi connectivity index (χ1) is 9.03. The van der Waals surface area contributed by atoms with Crippen molar-refractivity contribution in [2.75, 3.05) is 26.7 Å². The third-order valence-corrected chi connectivity index (χ3v) is 3.07. The summed E-state index contributed by atoms with van der Waals surface area (Å²) in [5.41, 5.74) is 1.26. The van der Waals surface area contributed by atoms with Crippen LogP contribution >= 0.6 is 0 Å². The minimum atomic E-state index is -0.239. The standard InChI is InChI=1S/C13H22N4O2/c1-5-10-8-11(15-14-10)13(19)16(4)9-12(18)17(6-2)7-3/h8H,5-7,9H2,1-4H3,(H,14,15). The molecule has 1 heterocycles. The highest BCUT2D eigenvalue weighted by molar-refractivity contribution is 5.94. The lowest BCUT2D eigenvalue weighted by atomic mass is 10.3. The monoisotopic (exact) mass is 266 g/mol. The van der Waals surface area contributed by atoms with Crippen molar-refractivity contribution in [3.63, 3.8) is 0 Å². The van der Waals surface area contributed by atoms with Gasteiger partial charge in [0.25, 0.3) is 5.91 Å². The van der Waals surface area contributed by atoms with Crippen molar-refractivity contribution in [1.29, 1.82) is 0 Å². The van der Waals surface area contributed by atoms with Gasteiger partial charge in [0, 0.05) is 25.8 Å². The first-order valence-electron chi connectivity index (χ1n) is 6.60. The van der Waals surface area contributed by atoms with E-state index < -0.39 is 0 Å². The van der Waals surface area contributed by atoms with Crippen LogP contribution in [0.2, 0.25) is 0 Å². The molecule has 1 aromatic heterocycles. The van der Waals surface area contributed by atoms with Crippen molar-refractivity contribution in [3.8, 4) is 0 Å². The van der Waals surface area contributed by atoms with Gasteiger partial charge in [-0.1, -0.05) is 6.92 Å². The van der Waals surface area contributed by atoms with Crippen LogP contribution in [-0.4, -0.2) is 58.5 Å². The number of carbonyl (C=O) groups excluding carboxylic acids is 2. The predicted octanol–water partition coefficient (Wildman–Crippen LogP) is 0.912. The van der Waals surface area contributed by atoms with Gasteiger partial charge in [-0.15, -0.1) is 0 Å². The van der Waals surface area contributed by atoms with Gasteiger partial charge in [0.2, 0.25) is 5.91 Å². The van der Waals surface area contributed by atoms with Gasteiger partial charge in [0.15, 0.2) is 0 Å². The lowest BCUT2D eigenvalue weighted by molar-refractivity contribution is -0.131. The van der Waals surface area contributed by atoms with Crippen LogP contribution < -0.4 is 0 Å². The van der Waals surface area contributed by atoms with E-state index in [0.717, 1.165) is 12.1 Å². The van der Waals surface area contributed by atoms with Gasteiger partial charge in [-0.2, -0.15) is 5.10 Å². The summed E-state index contributed by atoms with van der Waals surface area (Å²) in [7, 11) is 1.62. The average Bonchev–Trinajstić information content (AvgIpc) is 2.87. The highest BCUT2D eigenvalue weighted by Crippen LogP contribution is 2.04. The molecule has 0 aromatic carbocycles. The Balaban J connectivity index is 2.64. The lowest BCUT2D eigenvalue weighted by Crippen LogP contribution is -2.41. The highest BCUT2D eigenvalue weighted by atomic mass is 16.2. The molecule has 2 amide bonds. The van der Waals surface area contributed by atoms with E-state index >= 15 is 0 Å². The van der Waals surface area contributed by atoms with Crippen LogP contribution in [0.4, 0.5) is 0 Å².